The second-order valence-electron chi connectivity index (χ2n) is 9.32. The van der Waals surface area contributed by atoms with Gasteiger partial charge < -0.3 is 25.1 Å². The molecule has 1 aromatic heterocycles. The third kappa shape index (κ3) is 6.87. The number of para-hydroxylation sites is 1. The van der Waals surface area contributed by atoms with Gasteiger partial charge in [-0.3, -0.25) is 9.59 Å². The van der Waals surface area contributed by atoms with Crippen molar-refractivity contribution in [2.24, 2.45) is 5.92 Å². The normalized spacial score (nSPS) is 12.7. The van der Waals surface area contributed by atoms with Gasteiger partial charge in [-0.2, -0.15) is 0 Å². The lowest BCUT2D eigenvalue weighted by molar-refractivity contribution is -0.145. The first-order chi connectivity index (χ1) is 17.2. The fourth-order valence-electron chi connectivity index (χ4n) is 4.35. The van der Waals surface area contributed by atoms with Crippen LogP contribution in [-0.4, -0.2) is 49.1 Å². The molecule has 8 heteroatoms. The molecular formula is C28H35N3O5. The molecule has 0 aliphatic carbocycles. The van der Waals surface area contributed by atoms with E-state index in [0.29, 0.717) is 12.8 Å². The molecule has 2 amide bonds. The van der Waals surface area contributed by atoms with Crippen LogP contribution in [0.2, 0.25) is 0 Å². The van der Waals surface area contributed by atoms with Crippen LogP contribution in [0.4, 0.5) is 0 Å². The molecule has 3 N–H and O–H groups in total. The lowest BCUT2D eigenvalue weighted by atomic mass is 9.98. The van der Waals surface area contributed by atoms with Gasteiger partial charge in [0.1, 0.15) is 17.8 Å². The van der Waals surface area contributed by atoms with Crippen LogP contribution in [0.15, 0.2) is 48.5 Å². The summed E-state index contributed by atoms with van der Waals surface area (Å²) in [6.07, 6.45) is 1.30. The summed E-state index contributed by atoms with van der Waals surface area (Å²) in [4.78, 5) is 41.0. The molecule has 3 rings (SSSR count). The lowest BCUT2D eigenvalue weighted by Crippen LogP contribution is -2.52. The third-order valence-electron chi connectivity index (χ3n) is 6.05. The highest BCUT2D eigenvalue weighted by atomic mass is 16.5. The number of fused-ring (bicyclic) bond motifs is 1. The van der Waals surface area contributed by atoms with E-state index in [2.05, 4.69) is 15.6 Å². The van der Waals surface area contributed by atoms with Crippen LogP contribution in [0.3, 0.4) is 0 Å². The van der Waals surface area contributed by atoms with Gasteiger partial charge in [-0.1, -0.05) is 44.2 Å². The van der Waals surface area contributed by atoms with E-state index in [-0.39, 0.29) is 18.2 Å². The maximum Gasteiger partial charge on any atom is 0.328 e. The van der Waals surface area contributed by atoms with Crippen molar-refractivity contribution in [3.8, 4) is 5.75 Å². The minimum atomic E-state index is -0.917. The number of methoxy groups -OCH3 is 2. The average molecular weight is 494 g/mol. The molecular weight excluding hydrogens is 458 g/mol. The van der Waals surface area contributed by atoms with Gasteiger partial charge in [0, 0.05) is 36.4 Å². The number of carbonyl (C=O) groups excluding carboxylic acids is 3. The number of aromatic amines is 1. The number of ether oxygens (including phenoxy) is 2. The van der Waals surface area contributed by atoms with Gasteiger partial charge in [0.05, 0.1) is 14.2 Å². The van der Waals surface area contributed by atoms with E-state index in [1.807, 2.05) is 62.4 Å². The highest BCUT2D eigenvalue weighted by molar-refractivity contribution is 5.91. The first-order valence-corrected chi connectivity index (χ1v) is 12.1. The molecule has 0 radical (unpaired) electrons. The summed E-state index contributed by atoms with van der Waals surface area (Å²) in [6, 6.07) is 14.0. The summed E-state index contributed by atoms with van der Waals surface area (Å²) in [7, 11) is 2.93. The zero-order chi connectivity index (χ0) is 26.2. The monoisotopic (exact) mass is 493 g/mol. The molecule has 2 aromatic carbocycles. The number of H-pyrrole nitrogens is 1. The maximum absolute atomic E-state index is 13.1. The smallest absolute Gasteiger partial charge is 0.328 e. The molecule has 0 unspecified atom stereocenters. The second kappa shape index (κ2) is 12.2. The average Bonchev–Trinajstić information content (AvgIpc) is 3.19. The summed E-state index contributed by atoms with van der Waals surface area (Å²) >= 11 is 0. The van der Waals surface area contributed by atoms with Gasteiger partial charge in [0.15, 0.2) is 0 Å². The highest BCUT2D eigenvalue weighted by Crippen LogP contribution is 2.27. The molecule has 2 atom stereocenters. The lowest BCUT2D eigenvalue weighted by Gasteiger charge is -2.23. The summed E-state index contributed by atoms with van der Waals surface area (Å²) in [5.41, 5.74) is 3.90. The van der Waals surface area contributed by atoms with Crippen molar-refractivity contribution in [2.75, 3.05) is 14.2 Å². The molecule has 0 saturated heterocycles. The predicted molar refractivity (Wildman–Crippen MR) is 139 cm³/mol. The maximum atomic E-state index is 13.1. The number of aromatic nitrogens is 1. The van der Waals surface area contributed by atoms with Gasteiger partial charge in [-0.15, -0.1) is 0 Å². The van der Waals surface area contributed by atoms with Crippen LogP contribution < -0.4 is 15.4 Å². The highest BCUT2D eigenvalue weighted by Gasteiger charge is 2.29. The number of rotatable bonds is 11. The summed E-state index contributed by atoms with van der Waals surface area (Å²) in [6.45, 7) is 5.31. The van der Waals surface area contributed by atoms with Crippen LogP contribution in [0.5, 0.6) is 5.75 Å². The van der Waals surface area contributed by atoms with Crippen molar-refractivity contribution in [3.63, 3.8) is 0 Å². The molecule has 0 saturated carbocycles. The Balaban J connectivity index is 1.92. The van der Waals surface area contributed by atoms with Crippen LogP contribution in [-0.2, 0) is 32.0 Å². The fraction of sp³-hybridized carbons (Fsp3) is 0.393. The predicted octanol–water partition coefficient (Wildman–Crippen LogP) is 3.52. The molecule has 1 heterocycles. The quantitative estimate of drug-likeness (QED) is 0.354. The number of hydrogen-bond donors (Lipinski definition) is 3. The minimum absolute atomic E-state index is 0.175. The van der Waals surface area contributed by atoms with Crippen LogP contribution in [0.25, 0.3) is 10.9 Å². The van der Waals surface area contributed by atoms with Crippen molar-refractivity contribution >= 4 is 28.7 Å². The Bertz CT molecular complexity index is 1200. The summed E-state index contributed by atoms with van der Waals surface area (Å²) in [5.74, 6) is -0.307. The van der Waals surface area contributed by atoms with E-state index in [0.717, 1.165) is 33.5 Å². The molecule has 0 aliphatic heterocycles. The van der Waals surface area contributed by atoms with E-state index in [9.17, 15) is 14.4 Å². The first-order valence-electron chi connectivity index (χ1n) is 12.1. The second-order valence-corrected chi connectivity index (χ2v) is 9.32. The van der Waals surface area contributed by atoms with E-state index >= 15 is 0 Å². The first kappa shape index (κ1) is 26.8. The SMILES string of the molecule is COC(=O)[C@H](Cc1c(Cc2ccc(OC)cc2)[nH]c2ccccc12)NC(=O)[C@H](CC(C)C)NC(C)=O. The van der Waals surface area contributed by atoms with E-state index < -0.39 is 24.0 Å². The van der Waals surface area contributed by atoms with Gasteiger partial charge in [-0.05, 0) is 41.7 Å². The summed E-state index contributed by atoms with van der Waals surface area (Å²) in [5, 5.41) is 6.50. The molecule has 0 spiro atoms. The Morgan fingerprint density at radius 2 is 1.64 bits per heavy atom. The number of carbonyl (C=O) groups is 3. The Kier molecular flexibility index (Phi) is 9.11. The Hall–Kier alpha value is -3.81. The van der Waals surface area contributed by atoms with E-state index in [4.69, 9.17) is 9.47 Å². The molecule has 8 nitrogen and oxygen atoms in total. The topological polar surface area (TPSA) is 110 Å². The van der Waals surface area contributed by atoms with Crippen molar-refractivity contribution in [2.45, 2.75) is 52.1 Å². The minimum Gasteiger partial charge on any atom is -0.497 e. The molecule has 0 fully saturated rings. The largest absolute Gasteiger partial charge is 0.497 e. The molecule has 0 bridgehead atoms. The number of nitrogens with one attached hydrogen (secondary N) is 3. The van der Waals surface area contributed by atoms with Crippen molar-refractivity contribution < 1.29 is 23.9 Å². The van der Waals surface area contributed by atoms with Gasteiger partial charge in [0.25, 0.3) is 0 Å². The molecule has 36 heavy (non-hydrogen) atoms. The molecule has 0 aliphatic rings. The van der Waals surface area contributed by atoms with E-state index in [1.165, 1.54) is 14.0 Å². The van der Waals surface area contributed by atoms with Crippen LogP contribution in [0, 0.1) is 5.92 Å². The van der Waals surface area contributed by atoms with Crippen molar-refractivity contribution in [1.29, 1.82) is 0 Å². The van der Waals surface area contributed by atoms with Crippen LogP contribution in [0.1, 0.15) is 44.0 Å². The molecule has 3 aromatic rings. The number of benzene rings is 2. The van der Waals surface area contributed by atoms with Gasteiger partial charge in [0.2, 0.25) is 11.8 Å². The Labute approximate surface area is 211 Å². The molecule has 192 valence electrons. The number of esters is 1. The van der Waals surface area contributed by atoms with Crippen molar-refractivity contribution in [3.05, 3.63) is 65.4 Å². The van der Waals surface area contributed by atoms with E-state index in [1.54, 1.807) is 7.11 Å². The van der Waals surface area contributed by atoms with Gasteiger partial charge in [-0.25, -0.2) is 4.79 Å². The summed E-state index contributed by atoms with van der Waals surface area (Å²) < 4.78 is 10.3. The Morgan fingerprint density at radius 3 is 2.25 bits per heavy atom. The number of hydrogen-bond acceptors (Lipinski definition) is 5. The number of amides is 2. The third-order valence-corrected chi connectivity index (χ3v) is 6.05. The zero-order valence-electron chi connectivity index (χ0n) is 21.5. The zero-order valence-corrected chi connectivity index (χ0v) is 21.5. The van der Waals surface area contributed by atoms with Crippen LogP contribution >= 0.6 is 0 Å². The standard InChI is InChI=1S/C28H35N3O5/c1-17(2)14-25(29-18(3)32)27(33)31-26(28(34)36-5)16-22-21-8-6-7-9-23(21)30-24(22)15-19-10-12-20(35-4)13-11-19/h6-13,17,25-26,30H,14-16H2,1-5H3,(H,29,32)(H,31,33)/t25-,26-/m0/s1. The van der Waals surface area contributed by atoms with Gasteiger partial charge >= 0.3 is 5.97 Å². The van der Waals surface area contributed by atoms with Crippen molar-refractivity contribution in [1.82, 2.24) is 15.6 Å². The Morgan fingerprint density at radius 1 is 0.944 bits per heavy atom. The fourth-order valence-corrected chi connectivity index (χ4v) is 4.35.